The van der Waals surface area contributed by atoms with Crippen LogP contribution >= 0.6 is 0 Å². The van der Waals surface area contributed by atoms with Crippen LogP contribution in [0.15, 0.2) is 29.1 Å². The topological polar surface area (TPSA) is 68.2 Å². The van der Waals surface area contributed by atoms with E-state index in [1.807, 2.05) is 0 Å². The third kappa shape index (κ3) is 2.29. The smallest absolute Gasteiger partial charge is 0.257 e. The van der Waals surface area contributed by atoms with Crippen molar-refractivity contribution in [2.24, 2.45) is 0 Å². The van der Waals surface area contributed by atoms with Gasteiger partial charge < -0.3 is 15.4 Å². The lowest BCUT2D eigenvalue weighted by molar-refractivity contribution is 0.474. The van der Waals surface area contributed by atoms with Gasteiger partial charge in [0, 0.05) is 23.1 Å². The fourth-order valence-corrected chi connectivity index (χ4v) is 3.53. The Kier molecular flexibility index (Phi) is 3.54. The van der Waals surface area contributed by atoms with E-state index in [4.69, 9.17) is 5.73 Å². The zero-order chi connectivity index (χ0) is 18.7. The molecule has 3 aromatic rings. The first-order chi connectivity index (χ1) is 12.3. The number of nitrogens with zero attached hydrogens (tertiary/aromatic N) is 1. The van der Waals surface area contributed by atoms with E-state index in [0.29, 0.717) is 27.6 Å². The van der Waals surface area contributed by atoms with Crippen molar-refractivity contribution in [3.05, 3.63) is 57.4 Å². The molecule has 0 bridgehead atoms. The Hall–Kier alpha value is -2.89. The summed E-state index contributed by atoms with van der Waals surface area (Å²) < 4.78 is 30.0. The van der Waals surface area contributed by atoms with Crippen LogP contribution in [0.3, 0.4) is 0 Å². The number of aryl methyl sites for hydroxylation is 1. The molecule has 26 heavy (non-hydrogen) atoms. The lowest BCUT2D eigenvalue weighted by Crippen LogP contribution is -2.22. The first-order valence-electron chi connectivity index (χ1n) is 8.43. The Balaban J connectivity index is 2.11. The highest BCUT2D eigenvalue weighted by Crippen LogP contribution is 2.41. The summed E-state index contributed by atoms with van der Waals surface area (Å²) in [5.74, 6) is -1.41. The van der Waals surface area contributed by atoms with Gasteiger partial charge in [0.05, 0.1) is 16.8 Å². The van der Waals surface area contributed by atoms with Crippen molar-refractivity contribution in [2.75, 3.05) is 5.73 Å². The number of nitrogens with two attached hydrogens (primary N) is 1. The molecule has 1 fully saturated rings. The molecule has 4 nitrogen and oxygen atoms in total. The van der Waals surface area contributed by atoms with Crippen molar-refractivity contribution in [3.63, 3.8) is 0 Å². The number of benzene rings is 2. The maximum atomic E-state index is 14.4. The number of hydrogen-bond donors (Lipinski definition) is 2. The molecule has 0 saturated heterocycles. The zero-order valence-electron chi connectivity index (χ0n) is 14.4. The molecule has 0 unspecified atom stereocenters. The number of fused-ring (bicyclic) bond motifs is 1. The SMILES string of the molecule is Cc1c(O)c2ccc(-c3cc(F)c(N)cc3F)c(C)c2n(C2CC2)c1=O. The summed E-state index contributed by atoms with van der Waals surface area (Å²) in [4.78, 5) is 12.7. The highest BCUT2D eigenvalue weighted by Gasteiger charge is 2.29. The van der Waals surface area contributed by atoms with Gasteiger partial charge in [-0.25, -0.2) is 8.78 Å². The normalized spacial score (nSPS) is 14.2. The van der Waals surface area contributed by atoms with Gasteiger partial charge in [0.25, 0.3) is 5.56 Å². The van der Waals surface area contributed by atoms with E-state index in [1.54, 1.807) is 30.5 Å². The molecule has 2 aromatic carbocycles. The van der Waals surface area contributed by atoms with E-state index in [-0.39, 0.29) is 28.6 Å². The minimum atomic E-state index is -0.702. The van der Waals surface area contributed by atoms with Gasteiger partial charge in [-0.2, -0.15) is 0 Å². The van der Waals surface area contributed by atoms with E-state index in [2.05, 4.69) is 0 Å². The molecular formula is C20H18F2N2O2. The van der Waals surface area contributed by atoms with Gasteiger partial charge in [-0.1, -0.05) is 6.07 Å². The minimum absolute atomic E-state index is 0.0690. The van der Waals surface area contributed by atoms with Gasteiger partial charge >= 0.3 is 0 Å². The van der Waals surface area contributed by atoms with Crippen LogP contribution in [-0.2, 0) is 0 Å². The lowest BCUT2D eigenvalue weighted by Gasteiger charge is -2.18. The largest absolute Gasteiger partial charge is 0.507 e. The lowest BCUT2D eigenvalue weighted by atomic mass is 9.95. The summed E-state index contributed by atoms with van der Waals surface area (Å²) in [5, 5.41) is 11.0. The van der Waals surface area contributed by atoms with E-state index in [9.17, 15) is 18.7 Å². The van der Waals surface area contributed by atoms with Gasteiger partial charge in [-0.3, -0.25) is 4.79 Å². The molecule has 1 saturated carbocycles. The van der Waals surface area contributed by atoms with Gasteiger partial charge in [-0.05, 0) is 49.9 Å². The molecule has 1 aromatic heterocycles. The molecule has 0 spiro atoms. The number of aromatic nitrogens is 1. The van der Waals surface area contributed by atoms with E-state index >= 15 is 0 Å². The third-order valence-electron chi connectivity index (χ3n) is 5.11. The van der Waals surface area contributed by atoms with Gasteiger partial charge in [0.15, 0.2) is 0 Å². The van der Waals surface area contributed by atoms with Crippen LogP contribution in [0.4, 0.5) is 14.5 Å². The summed E-state index contributed by atoms with van der Waals surface area (Å²) in [5.41, 5.74) is 6.94. The van der Waals surface area contributed by atoms with E-state index in [0.717, 1.165) is 25.0 Å². The predicted octanol–water partition coefficient (Wildman–Crippen LogP) is 4.19. The first kappa shape index (κ1) is 16.6. The first-order valence-corrected chi connectivity index (χ1v) is 8.43. The second-order valence-electron chi connectivity index (χ2n) is 6.87. The summed E-state index contributed by atoms with van der Waals surface area (Å²) in [7, 11) is 0. The van der Waals surface area contributed by atoms with Crippen LogP contribution in [0, 0.1) is 25.5 Å². The number of nitrogen functional groups attached to an aromatic ring is 1. The molecule has 3 N–H and O–H groups in total. The number of rotatable bonds is 2. The van der Waals surface area contributed by atoms with E-state index in [1.165, 1.54) is 0 Å². The van der Waals surface area contributed by atoms with Crippen molar-refractivity contribution in [1.82, 2.24) is 4.57 Å². The predicted molar refractivity (Wildman–Crippen MR) is 97.4 cm³/mol. The molecular weight excluding hydrogens is 338 g/mol. The molecule has 1 aliphatic carbocycles. The zero-order valence-corrected chi connectivity index (χ0v) is 14.4. The van der Waals surface area contributed by atoms with Crippen LogP contribution < -0.4 is 11.3 Å². The van der Waals surface area contributed by atoms with Crippen LogP contribution in [0.5, 0.6) is 5.75 Å². The average molecular weight is 356 g/mol. The second kappa shape index (κ2) is 5.56. The van der Waals surface area contributed by atoms with Crippen molar-refractivity contribution in [1.29, 1.82) is 0 Å². The third-order valence-corrected chi connectivity index (χ3v) is 5.11. The summed E-state index contributed by atoms with van der Waals surface area (Å²) in [6, 6.07) is 5.37. The summed E-state index contributed by atoms with van der Waals surface area (Å²) in [6.45, 7) is 3.34. The quantitative estimate of drug-likeness (QED) is 0.677. The highest BCUT2D eigenvalue weighted by molar-refractivity contribution is 5.94. The van der Waals surface area contributed by atoms with Crippen LogP contribution in [0.2, 0.25) is 0 Å². The molecule has 134 valence electrons. The Bertz CT molecular complexity index is 1130. The average Bonchev–Trinajstić information content (AvgIpc) is 3.42. The Labute approximate surface area is 148 Å². The van der Waals surface area contributed by atoms with Gasteiger partial charge in [0.1, 0.15) is 17.4 Å². The molecule has 6 heteroatoms. The molecule has 1 aliphatic rings. The second-order valence-corrected chi connectivity index (χ2v) is 6.87. The highest BCUT2D eigenvalue weighted by atomic mass is 19.1. The standard InChI is InChI=1S/C20H18F2N2O2/c1-9-12(14-7-16(22)17(23)8-15(14)21)5-6-13-18(9)24(11-3-4-11)20(26)10(2)19(13)25/h5-8,11,25H,3-4,23H2,1-2H3. The maximum absolute atomic E-state index is 14.4. The molecule has 0 atom stereocenters. The van der Waals surface area contributed by atoms with Crippen LogP contribution in [0.25, 0.3) is 22.0 Å². The van der Waals surface area contributed by atoms with Crippen LogP contribution in [0.1, 0.15) is 30.0 Å². The molecule has 4 rings (SSSR count). The van der Waals surface area contributed by atoms with Crippen LogP contribution in [-0.4, -0.2) is 9.67 Å². The summed E-state index contributed by atoms with van der Waals surface area (Å²) in [6.07, 6.45) is 1.77. The van der Waals surface area contributed by atoms with Crippen molar-refractivity contribution >= 4 is 16.6 Å². The van der Waals surface area contributed by atoms with Crippen molar-refractivity contribution in [2.45, 2.75) is 32.7 Å². The number of hydrogen-bond acceptors (Lipinski definition) is 3. The van der Waals surface area contributed by atoms with Gasteiger partial charge in [-0.15, -0.1) is 0 Å². The fraction of sp³-hybridized carbons (Fsp3) is 0.250. The molecule has 0 aliphatic heterocycles. The maximum Gasteiger partial charge on any atom is 0.257 e. The van der Waals surface area contributed by atoms with Crippen molar-refractivity contribution < 1.29 is 13.9 Å². The minimum Gasteiger partial charge on any atom is -0.507 e. The Morgan fingerprint density at radius 2 is 1.77 bits per heavy atom. The number of pyridine rings is 1. The fourth-order valence-electron chi connectivity index (χ4n) is 3.53. The summed E-state index contributed by atoms with van der Waals surface area (Å²) >= 11 is 0. The van der Waals surface area contributed by atoms with E-state index < -0.39 is 11.6 Å². The Morgan fingerprint density at radius 1 is 1.08 bits per heavy atom. The molecule has 0 amide bonds. The van der Waals surface area contributed by atoms with Gasteiger partial charge in [0.2, 0.25) is 0 Å². The molecule has 0 radical (unpaired) electrons. The monoisotopic (exact) mass is 356 g/mol. The number of aromatic hydroxyl groups is 1. The number of anilines is 1. The molecule has 1 heterocycles. The van der Waals surface area contributed by atoms with Crippen molar-refractivity contribution in [3.8, 4) is 16.9 Å². The number of halogens is 2. The Morgan fingerprint density at radius 3 is 2.42 bits per heavy atom.